The van der Waals surface area contributed by atoms with Gasteiger partial charge in [0, 0.05) is 19.8 Å². The summed E-state index contributed by atoms with van der Waals surface area (Å²) in [6, 6.07) is 8.37. The summed E-state index contributed by atoms with van der Waals surface area (Å²) in [5.41, 5.74) is -0.0318. The Hall–Kier alpha value is -2.39. The molecular weight excluding hydrogens is 272 g/mol. The van der Waals surface area contributed by atoms with E-state index < -0.39 is 11.4 Å². The Bertz CT molecular complexity index is 568. The Balaban J connectivity index is 1.97. The molecule has 0 saturated carbocycles. The zero-order valence-corrected chi connectivity index (χ0v) is 11.5. The molecule has 1 aromatic rings. The lowest BCUT2D eigenvalue weighted by molar-refractivity contribution is -0.132. The smallest absolute Gasteiger partial charge is 0.335 e. The molecule has 1 aromatic carbocycles. The molecular formula is C15H16N2O4. The summed E-state index contributed by atoms with van der Waals surface area (Å²) in [6.45, 7) is 1.09. The molecule has 1 amide bonds. The van der Waals surface area contributed by atoms with E-state index >= 15 is 0 Å². The van der Waals surface area contributed by atoms with Gasteiger partial charge in [-0.1, -0.05) is 12.1 Å². The maximum Gasteiger partial charge on any atom is 0.335 e. The van der Waals surface area contributed by atoms with Crippen LogP contribution in [0, 0.1) is 16.7 Å². The molecule has 1 fully saturated rings. The van der Waals surface area contributed by atoms with Crippen molar-refractivity contribution < 1.29 is 19.4 Å². The molecule has 1 saturated heterocycles. The van der Waals surface area contributed by atoms with Crippen LogP contribution in [0.15, 0.2) is 24.3 Å². The lowest BCUT2D eigenvalue weighted by atomic mass is 9.81. The first-order valence-corrected chi connectivity index (χ1v) is 6.67. The maximum absolute atomic E-state index is 12.2. The van der Waals surface area contributed by atoms with Gasteiger partial charge in [-0.25, -0.2) is 4.79 Å². The van der Waals surface area contributed by atoms with Crippen LogP contribution in [0.2, 0.25) is 0 Å². The van der Waals surface area contributed by atoms with Crippen molar-refractivity contribution in [3.05, 3.63) is 35.4 Å². The number of carbonyl (C=O) groups is 2. The number of nitrogens with zero attached hydrogens (tertiary/aromatic N) is 1. The van der Waals surface area contributed by atoms with E-state index in [9.17, 15) is 14.9 Å². The first kappa shape index (κ1) is 15.0. The Morgan fingerprint density at radius 3 is 2.43 bits per heavy atom. The summed E-state index contributed by atoms with van der Waals surface area (Å²) in [5.74, 6) is -1.29. The van der Waals surface area contributed by atoms with Gasteiger partial charge in [-0.3, -0.25) is 4.79 Å². The van der Waals surface area contributed by atoms with Crippen molar-refractivity contribution in [2.75, 3.05) is 13.2 Å². The predicted molar refractivity (Wildman–Crippen MR) is 73.3 cm³/mol. The van der Waals surface area contributed by atoms with Crippen molar-refractivity contribution in [3.63, 3.8) is 0 Å². The van der Waals surface area contributed by atoms with Gasteiger partial charge in [-0.2, -0.15) is 5.26 Å². The molecule has 0 aliphatic carbocycles. The van der Waals surface area contributed by atoms with Crippen molar-refractivity contribution in [2.24, 2.45) is 5.41 Å². The fourth-order valence-corrected chi connectivity index (χ4v) is 2.23. The number of ether oxygens (including phenoxy) is 1. The normalized spacial score (nSPS) is 16.7. The van der Waals surface area contributed by atoms with E-state index in [2.05, 4.69) is 11.4 Å². The van der Waals surface area contributed by atoms with Crippen LogP contribution < -0.4 is 5.32 Å². The second-order valence-corrected chi connectivity index (χ2v) is 4.99. The van der Waals surface area contributed by atoms with Gasteiger partial charge in [0.2, 0.25) is 5.91 Å². The minimum Gasteiger partial charge on any atom is -0.478 e. The molecule has 2 rings (SSSR count). The van der Waals surface area contributed by atoms with E-state index in [1.165, 1.54) is 12.1 Å². The highest BCUT2D eigenvalue weighted by atomic mass is 16.5. The number of rotatable bonds is 4. The van der Waals surface area contributed by atoms with Gasteiger partial charge in [0.1, 0.15) is 5.41 Å². The molecule has 0 atom stereocenters. The molecule has 6 nitrogen and oxygen atoms in total. The number of aromatic carboxylic acids is 1. The highest BCUT2D eigenvalue weighted by Crippen LogP contribution is 2.29. The highest BCUT2D eigenvalue weighted by Gasteiger charge is 2.40. The summed E-state index contributed by atoms with van der Waals surface area (Å²) in [6.07, 6.45) is 0.792. The van der Waals surface area contributed by atoms with Crippen LogP contribution >= 0.6 is 0 Å². The summed E-state index contributed by atoms with van der Waals surface area (Å²) >= 11 is 0. The number of amides is 1. The van der Waals surface area contributed by atoms with Gasteiger partial charge in [-0.15, -0.1) is 0 Å². The highest BCUT2D eigenvalue weighted by molar-refractivity contribution is 5.87. The number of carbonyl (C=O) groups excluding carboxylic acids is 1. The summed E-state index contributed by atoms with van der Waals surface area (Å²) in [7, 11) is 0. The standard InChI is InChI=1S/C15H16N2O4/c16-10-15(5-7-21-8-6-15)14(20)17-9-11-1-3-12(4-2-11)13(18)19/h1-4H,5-9H2,(H,17,20)(H,18,19). The van der Waals surface area contributed by atoms with Crippen LogP contribution in [-0.2, 0) is 16.1 Å². The average Bonchev–Trinajstić information content (AvgIpc) is 2.53. The van der Waals surface area contributed by atoms with Crippen LogP contribution in [0.5, 0.6) is 0 Å². The first-order valence-electron chi connectivity index (χ1n) is 6.67. The largest absolute Gasteiger partial charge is 0.478 e. The summed E-state index contributed by atoms with van der Waals surface area (Å²) in [4.78, 5) is 23.0. The third-order valence-electron chi connectivity index (χ3n) is 3.65. The molecule has 0 spiro atoms. The van der Waals surface area contributed by atoms with Gasteiger partial charge in [0.25, 0.3) is 0 Å². The minimum absolute atomic E-state index is 0.197. The Labute approximate surface area is 122 Å². The Morgan fingerprint density at radius 2 is 1.90 bits per heavy atom. The zero-order valence-electron chi connectivity index (χ0n) is 11.5. The third kappa shape index (κ3) is 3.38. The van der Waals surface area contributed by atoms with Crippen LogP contribution in [0.25, 0.3) is 0 Å². The van der Waals surface area contributed by atoms with Gasteiger partial charge in [0.05, 0.1) is 11.6 Å². The van der Waals surface area contributed by atoms with Crippen LogP contribution in [0.3, 0.4) is 0 Å². The lowest BCUT2D eigenvalue weighted by Gasteiger charge is -2.29. The molecule has 0 aromatic heterocycles. The van der Waals surface area contributed by atoms with Gasteiger partial charge < -0.3 is 15.2 Å². The fourth-order valence-electron chi connectivity index (χ4n) is 2.23. The van der Waals surface area contributed by atoms with Crippen LogP contribution in [0.4, 0.5) is 0 Å². The molecule has 6 heteroatoms. The van der Waals surface area contributed by atoms with E-state index in [1.54, 1.807) is 12.1 Å². The van der Waals surface area contributed by atoms with Crippen molar-refractivity contribution in [3.8, 4) is 6.07 Å². The van der Waals surface area contributed by atoms with Gasteiger partial charge >= 0.3 is 5.97 Å². The van der Waals surface area contributed by atoms with Crippen LogP contribution in [-0.4, -0.2) is 30.2 Å². The maximum atomic E-state index is 12.2. The van der Waals surface area contributed by atoms with E-state index in [1.807, 2.05) is 0 Å². The van der Waals surface area contributed by atoms with E-state index in [0.717, 1.165) is 5.56 Å². The van der Waals surface area contributed by atoms with E-state index in [-0.39, 0.29) is 18.0 Å². The van der Waals surface area contributed by atoms with E-state index in [0.29, 0.717) is 26.1 Å². The molecule has 0 radical (unpaired) electrons. The number of hydrogen-bond donors (Lipinski definition) is 2. The molecule has 1 aliphatic heterocycles. The first-order chi connectivity index (χ1) is 10.1. The quantitative estimate of drug-likeness (QED) is 0.870. The molecule has 0 bridgehead atoms. The molecule has 110 valence electrons. The number of nitrogens with one attached hydrogen (secondary N) is 1. The zero-order chi connectivity index (χ0) is 15.3. The molecule has 1 aliphatic rings. The fraction of sp³-hybridized carbons (Fsp3) is 0.400. The Morgan fingerprint density at radius 1 is 1.29 bits per heavy atom. The van der Waals surface area contributed by atoms with E-state index in [4.69, 9.17) is 9.84 Å². The van der Waals surface area contributed by atoms with Crippen molar-refractivity contribution >= 4 is 11.9 Å². The summed E-state index contributed by atoms with van der Waals surface area (Å²) < 4.78 is 5.19. The molecule has 2 N–H and O–H groups in total. The minimum atomic E-state index is -1.01. The number of hydrogen-bond acceptors (Lipinski definition) is 4. The van der Waals surface area contributed by atoms with Crippen molar-refractivity contribution in [2.45, 2.75) is 19.4 Å². The monoisotopic (exact) mass is 288 g/mol. The SMILES string of the molecule is N#CC1(C(=O)NCc2ccc(C(=O)O)cc2)CCOCC1. The second kappa shape index (κ2) is 6.37. The Kier molecular flexibility index (Phi) is 4.55. The van der Waals surface area contributed by atoms with Gasteiger partial charge in [-0.05, 0) is 30.5 Å². The molecule has 0 unspecified atom stereocenters. The predicted octanol–water partition coefficient (Wildman–Crippen LogP) is 1.32. The lowest BCUT2D eigenvalue weighted by Crippen LogP contribution is -2.43. The number of benzene rings is 1. The molecule has 21 heavy (non-hydrogen) atoms. The summed E-state index contributed by atoms with van der Waals surface area (Å²) in [5, 5.41) is 20.8. The molecule has 1 heterocycles. The number of nitriles is 1. The number of carboxylic acids is 1. The number of carboxylic acid groups (broad SMARTS) is 1. The average molecular weight is 288 g/mol. The third-order valence-corrected chi connectivity index (χ3v) is 3.65. The topological polar surface area (TPSA) is 99.4 Å². The van der Waals surface area contributed by atoms with Crippen LogP contribution in [0.1, 0.15) is 28.8 Å². The van der Waals surface area contributed by atoms with Crippen molar-refractivity contribution in [1.82, 2.24) is 5.32 Å². The van der Waals surface area contributed by atoms with Crippen molar-refractivity contribution in [1.29, 1.82) is 5.26 Å². The van der Waals surface area contributed by atoms with Gasteiger partial charge in [0.15, 0.2) is 0 Å². The second-order valence-electron chi connectivity index (χ2n) is 4.99.